The van der Waals surface area contributed by atoms with Gasteiger partial charge in [-0.1, -0.05) is 182 Å². The normalized spacial score (nSPS) is 12.4. The number of nitrogens with zero attached hydrogens (tertiary/aromatic N) is 2. The molecule has 0 aliphatic heterocycles. The molecule has 10 aromatic carbocycles. The molecular weight excluding hydrogens is 749 g/mol. The molecule has 0 atom stereocenters. The van der Waals surface area contributed by atoms with Gasteiger partial charge < -0.3 is 9.80 Å². The van der Waals surface area contributed by atoms with E-state index < -0.39 is 5.41 Å². The molecule has 0 fully saturated rings. The number of aryl methyl sites for hydroxylation is 1. The lowest BCUT2D eigenvalue weighted by Crippen LogP contribution is -2.28. The second-order valence-electron chi connectivity index (χ2n) is 16.2. The van der Waals surface area contributed by atoms with Crippen LogP contribution in [0, 0.1) is 6.92 Å². The van der Waals surface area contributed by atoms with Gasteiger partial charge in [0.25, 0.3) is 0 Å². The van der Waals surface area contributed by atoms with Crippen molar-refractivity contribution < 1.29 is 0 Å². The SMILES string of the molecule is Cc1cccc2c1-c1ccc(N(c3cccc(N(c4ccccc4)c4ccccc4)c3)c3cc4ccccc4cc3-c3ccccc3)cc1C2(c1ccccc1)c1ccccc1. The Balaban J connectivity index is 1.22. The zero-order valence-electron chi connectivity index (χ0n) is 34.6. The average Bonchev–Trinajstić information content (AvgIpc) is 3.64. The monoisotopic (exact) mass is 792 g/mol. The summed E-state index contributed by atoms with van der Waals surface area (Å²) >= 11 is 0. The van der Waals surface area contributed by atoms with Crippen LogP contribution in [0.15, 0.2) is 249 Å². The van der Waals surface area contributed by atoms with Crippen LogP contribution in [0.2, 0.25) is 0 Å². The minimum Gasteiger partial charge on any atom is -0.310 e. The Morgan fingerprint density at radius 2 is 0.806 bits per heavy atom. The molecule has 11 rings (SSSR count). The summed E-state index contributed by atoms with van der Waals surface area (Å²) in [5.74, 6) is 0. The molecule has 1 aliphatic rings. The molecular formula is C60H44N2. The molecule has 10 aromatic rings. The molecule has 1 aliphatic carbocycles. The van der Waals surface area contributed by atoms with Crippen LogP contribution in [-0.4, -0.2) is 0 Å². The molecule has 2 heteroatoms. The number of hydrogen-bond acceptors (Lipinski definition) is 2. The summed E-state index contributed by atoms with van der Waals surface area (Å²) in [7, 11) is 0. The molecule has 0 spiro atoms. The molecule has 0 amide bonds. The van der Waals surface area contributed by atoms with Gasteiger partial charge in [-0.15, -0.1) is 0 Å². The lowest BCUT2D eigenvalue weighted by atomic mass is 9.67. The zero-order valence-corrected chi connectivity index (χ0v) is 34.6. The Bertz CT molecular complexity index is 3100. The topological polar surface area (TPSA) is 6.48 Å². The van der Waals surface area contributed by atoms with Crippen LogP contribution in [-0.2, 0) is 5.41 Å². The van der Waals surface area contributed by atoms with Gasteiger partial charge >= 0.3 is 0 Å². The highest BCUT2D eigenvalue weighted by Crippen LogP contribution is 2.58. The third-order valence-corrected chi connectivity index (χ3v) is 12.6. The lowest BCUT2D eigenvalue weighted by molar-refractivity contribution is 0.768. The standard InChI is InChI=1S/C60H44N2/c1-43-21-19-36-56-59(43)54-38-37-53(42-57(54)60(56,47-26-9-3-10-27-47)48-28-11-4-12-29-48)62(58-40-46-25-18-17-24-45(46)39-55(58)44-22-7-2-8-23-44)52-35-20-34-51(41-52)61(49-30-13-5-14-31-49)50-32-15-6-16-33-50/h2-42H,1H3. The second-order valence-corrected chi connectivity index (χ2v) is 16.2. The Morgan fingerprint density at radius 1 is 0.323 bits per heavy atom. The Morgan fingerprint density at radius 3 is 1.42 bits per heavy atom. The number of benzene rings is 10. The summed E-state index contributed by atoms with van der Waals surface area (Å²) in [6.07, 6.45) is 0. The molecule has 294 valence electrons. The van der Waals surface area contributed by atoms with E-state index in [1.807, 2.05) is 0 Å². The summed E-state index contributed by atoms with van der Waals surface area (Å²) < 4.78 is 0. The Kier molecular flexibility index (Phi) is 9.32. The predicted octanol–water partition coefficient (Wildman–Crippen LogP) is 16.1. The van der Waals surface area contributed by atoms with Crippen LogP contribution in [0.1, 0.15) is 27.8 Å². The summed E-state index contributed by atoms with van der Waals surface area (Å²) in [6, 6.07) is 90.9. The molecule has 0 saturated heterocycles. The Labute approximate surface area is 364 Å². The van der Waals surface area contributed by atoms with Gasteiger partial charge in [-0.2, -0.15) is 0 Å². The molecule has 0 bridgehead atoms. The largest absolute Gasteiger partial charge is 0.310 e. The summed E-state index contributed by atoms with van der Waals surface area (Å²) in [5.41, 5.74) is 17.2. The van der Waals surface area contributed by atoms with Crippen molar-refractivity contribution in [3.05, 3.63) is 277 Å². The fraction of sp³-hybridized carbons (Fsp3) is 0.0333. The quantitative estimate of drug-likeness (QED) is 0.144. The van der Waals surface area contributed by atoms with Gasteiger partial charge in [-0.05, 0) is 129 Å². The van der Waals surface area contributed by atoms with Crippen LogP contribution in [0.5, 0.6) is 0 Å². The molecule has 0 saturated carbocycles. The zero-order chi connectivity index (χ0) is 41.5. The maximum atomic E-state index is 2.49. The van der Waals surface area contributed by atoms with Crippen molar-refractivity contribution in [1.29, 1.82) is 0 Å². The van der Waals surface area contributed by atoms with E-state index in [0.717, 1.165) is 45.3 Å². The number of fused-ring (bicyclic) bond motifs is 4. The van der Waals surface area contributed by atoms with Gasteiger partial charge in [0.2, 0.25) is 0 Å². The van der Waals surface area contributed by atoms with E-state index in [9.17, 15) is 0 Å². The van der Waals surface area contributed by atoms with Crippen molar-refractivity contribution in [2.24, 2.45) is 0 Å². The first-order chi connectivity index (χ1) is 30.7. The second kappa shape index (κ2) is 15.6. The smallest absolute Gasteiger partial charge is 0.0714 e. The highest BCUT2D eigenvalue weighted by Gasteiger charge is 2.47. The van der Waals surface area contributed by atoms with Crippen LogP contribution >= 0.6 is 0 Å². The fourth-order valence-corrected chi connectivity index (χ4v) is 9.91. The first-order valence-corrected chi connectivity index (χ1v) is 21.4. The number of para-hydroxylation sites is 2. The van der Waals surface area contributed by atoms with E-state index >= 15 is 0 Å². The maximum absolute atomic E-state index is 2.49. The van der Waals surface area contributed by atoms with Crippen LogP contribution in [0.3, 0.4) is 0 Å². The molecule has 0 N–H and O–H groups in total. The minimum absolute atomic E-state index is 0.550. The van der Waals surface area contributed by atoms with Gasteiger partial charge in [0, 0.05) is 34.0 Å². The van der Waals surface area contributed by atoms with E-state index in [0.29, 0.717) is 0 Å². The maximum Gasteiger partial charge on any atom is 0.0714 e. The molecule has 0 radical (unpaired) electrons. The van der Waals surface area contributed by atoms with E-state index in [-0.39, 0.29) is 0 Å². The number of anilines is 6. The average molecular weight is 793 g/mol. The van der Waals surface area contributed by atoms with Gasteiger partial charge in [-0.25, -0.2) is 0 Å². The van der Waals surface area contributed by atoms with Gasteiger partial charge in [0.05, 0.1) is 11.1 Å². The predicted molar refractivity (Wildman–Crippen MR) is 261 cm³/mol. The van der Waals surface area contributed by atoms with Crippen LogP contribution in [0.4, 0.5) is 34.1 Å². The minimum atomic E-state index is -0.550. The molecule has 0 heterocycles. The van der Waals surface area contributed by atoms with Crippen molar-refractivity contribution in [2.45, 2.75) is 12.3 Å². The number of rotatable bonds is 9. The number of hydrogen-bond donors (Lipinski definition) is 0. The van der Waals surface area contributed by atoms with Gasteiger partial charge in [-0.3, -0.25) is 0 Å². The third-order valence-electron chi connectivity index (χ3n) is 12.6. The summed E-state index contributed by atoms with van der Waals surface area (Å²) in [5, 5.41) is 2.39. The molecule has 2 nitrogen and oxygen atoms in total. The van der Waals surface area contributed by atoms with E-state index in [2.05, 4.69) is 265 Å². The lowest BCUT2D eigenvalue weighted by Gasteiger charge is -2.35. The Hall–Kier alpha value is -7.94. The fourth-order valence-electron chi connectivity index (χ4n) is 9.91. The summed E-state index contributed by atoms with van der Waals surface area (Å²) in [4.78, 5) is 4.83. The first-order valence-electron chi connectivity index (χ1n) is 21.4. The van der Waals surface area contributed by atoms with Gasteiger partial charge in [0.15, 0.2) is 0 Å². The van der Waals surface area contributed by atoms with Crippen molar-refractivity contribution in [2.75, 3.05) is 9.80 Å². The molecule has 62 heavy (non-hydrogen) atoms. The third kappa shape index (κ3) is 6.19. The van der Waals surface area contributed by atoms with Crippen molar-refractivity contribution in [3.8, 4) is 22.3 Å². The van der Waals surface area contributed by atoms with Crippen molar-refractivity contribution in [1.82, 2.24) is 0 Å². The van der Waals surface area contributed by atoms with Crippen LogP contribution in [0.25, 0.3) is 33.0 Å². The van der Waals surface area contributed by atoms with E-state index in [1.54, 1.807) is 0 Å². The first kappa shape index (κ1) is 37.1. The van der Waals surface area contributed by atoms with E-state index in [4.69, 9.17) is 0 Å². The molecule has 0 unspecified atom stereocenters. The highest BCUT2D eigenvalue weighted by atomic mass is 15.2. The van der Waals surface area contributed by atoms with E-state index in [1.165, 1.54) is 49.7 Å². The van der Waals surface area contributed by atoms with Gasteiger partial charge in [0.1, 0.15) is 0 Å². The van der Waals surface area contributed by atoms with Crippen molar-refractivity contribution >= 4 is 44.9 Å². The molecule has 0 aromatic heterocycles. The highest BCUT2D eigenvalue weighted by molar-refractivity contribution is 6.00. The van der Waals surface area contributed by atoms with Crippen molar-refractivity contribution in [3.63, 3.8) is 0 Å². The van der Waals surface area contributed by atoms with Crippen LogP contribution < -0.4 is 9.80 Å². The summed E-state index contributed by atoms with van der Waals surface area (Å²) in [6.45, 7) is 2.26.